The van der Waals surface area contributed by atoms with E-state index in [4.69, 9.17) is 14.7 Å². The minimum absolute atomic E-state index is 0.0371. The number of anilines is 1. The van der Waals surface area contributed by atoms with Crippen molar-refractivity contribution in [2.24, 2.45) is 0 Å². The Morgan fingerprint density at radius 3 is 2.38 bits per heavy atom. The predicted octanol–water partition coefficient (Wildman–Crippen LogP) is 4.34. The van der Waals surface area contributed by atoms with Crippen molar-refractivity contribution in [1.29, 1.82) is 0 Å². The monoisotopic (exact) mass is 428 g/mol. The Hall–Kier alpha value is -3.41. The Morgan fingerprint density at radius 2 is 1.66 bits per heavy atom. The number of hydrogen-bond donors (Lipinski definition) is 0. The quantitative estimate of drug-likeness (QED) is 0.619. The lowest BCUT2D eigenvalue weighted by atomic mass is 10.0. The van der Waals surface area contributed by atoms with E-state index in [2.05, 4.69) is 17.0 Å². The van der Waals surface area contributed by atoms with Gasteiger partial charge in [0.25, 0.3) is 5.91 Å². The molecule has 3 aromatic rings. The summed E-state index contributed by atoms with van der Waals surface area (Å²) in [5.41, 5.74) is 3.87. The fraction of sp³-hybridized carbons (Fsp3) is 0.346. The van der Waals surface area contributed by atoms with E-state index < -0.39 is 0 Å². The molecule has 3 heterocycles. The standard InChI is InChI=1S/C26H28N4O2/c1-32-21-12-10-20(11-13-21)26(31)30-17-14-23-22(18-30)25(29-15-6-3-7-16-29)28-24(27-23)19-8-4-2-5-9-19/h2,4-5,8-13H,3,6-7,14-18H2,1H3. The molecule has 0 radical (unpaired) electrons. The topological polar surface area (TPSA) is 58.6 Å². The Bertz CT molecular complexity index is 1090. The number of methoxy groups -OCH3 is 1. The first-order valence-electron chi connectivity index (χ1n) is 11.4. The van der Waals surface area contributed by atoms with Crippen molar-refractivity contribution in [3.63, 3.8) is 0 Å². The second kappa shape index (κ2) is 8.99. The summed E-state index contributed by atoms with van der Waals surface area (Å²) in [5, 5.41) is 0. The number of benzene rings is 2. The maximum atomic E-state index is 13.2. The maximum absolute atomic E-state index is 13.2. The number of piperidine rings is 1. The normalized spacial score (nSPS) is 15.9. The van der Waals surface area contributed by atoms with Crippen molar-refractivity contribution in [3.8, 4) is 17.1 Å². The van der Waals surface area contributed by atoms with Gasteiger partial charge < -0.3 is 14.5 Å². The number of carbonyl (C=O) groups is 1. The average Bonchev–Trinajstić information content (AvgIpc) is 2.88. The van der Waals surface area contributed by atoms with Gasteiger partial charge in [0.05, 0.1) is 19.3 Å². The number of amides is 1. The third-order valence-corrected chi connectivity index (χ3v) is 6.35. The van der Waals surface area contributed by atoms with E-state index in [0.717, 1.165) is 53.7 Å². The molecule has 0 atom stereocenters. The molecule has 164 valence electrons. The highest BCUT2D eigenvalue weighted by Crippen LogP contribution is 2.31. The first-order valence-corrected chi connectivity index (χ1v) is 11.4. The van der Waals surface area contributed by atoms with Crippen molar-refractivity contribution < 1.29 is 9.53 Å². The maximum Gasteiger partial charge on any atom is 0.254 e. The van der Waals surface area contributed by atoms with Crippen LogP contribution in [0.15, 0.2) is 54.6 Å². The van der Waals surface area contributed by atoms with Crippen LogP contribution in [-0.2, 0) is 13.0 Å². The molecule has 1 fully saturated rings. The summed E-state index contributed by atoms with van der Waals surface area (Å²) in [4.78, 5) is 27.5. The molecule has 32 heavy (non-hydrogen) atoms. The summed E-state index contributed by atoms with van der Waals surface area (Å²) in [7, 11) is 1.63. The molecule has 5 rings (SSSR count). The van der Waals surface area contributed by atoms with Crippen LogP contribution in [-0.4, -0.2) is 47.5 Å². The molecule has 1 saturated heterocycles. The van der Waals surface area contributed by atoms with E-state index in [-0.39, 0.29) is 5.91 Å². The van der Waals surface area contributed by atoms with E-state index in [9.17, 15) is 4.79 Å². The Labute approximate surface area is 188 Å². The third-order valence-electron chi connectivity index (χ3n) is 6.35. The second-order valence-corrected chi connectivity index (χ2v) is 8.42. The molecule has 0 unspecified atom stereocenters. The number of nitrogens with zero attached hydrogens (tertiary/aromatic N) is 4. The molecule has 1 amide bonds. The van der Waals surface area contributed by atoms with E-state index in [1.165, 1.54) is 19.3 Å². The fourth-order valence-corrected chi connectivity index (χ4v) is 4.57. The largest absolute Gasteiger partial charge is 0.497 e. The summed E-state index contributed by atoms with van der Waals surface area (Å²) < 4.78 is 5.22. The van der Waals surface area contributed by atoms with E-state index >= 15 is 0 Å². The minimum Gasteiger partial charge on any atom is -0.497 e. The van der Waals surface area contributed by atoms with Gasteiger partial charge in [0.15, 0.2) is 5.82 Å². The van der Waals surface area contributed by atoms with Crippen molar-refractivity contribution in [1.82, 2.24) is 14.9 Å². The minimum atomic E-state index is 0.0371. The van der Waals surface area contributed by atoms with E-state index in [1.54, 1.807) is 7.11 Å². The first kappa shape index (κ1) is 20.5. The van der Waals surface area contributed by atoms with Crippen molar-refractivity contribution in [3.05, 3.63) is 71.4 Å². The molecule has 0 spiro atoms. The molecule has 0 aliphatic carbocycles. The SMILES string of the molecule is COc1ccc(C(=O)N2CCc3nc(-c4ccccc4)nc(N4CCCCC4)c3C2)cc1. The molecule has 0 saturated carbocycles. The number of carbonyl (C=O) groups excluding carboxylic acids is 1. The number of hydrogen-bond acceptors (Lipinski definition) is 5. The third kappa shape index (κ3) is 4.05. The van der Waals surface area contributed by atoms with Gasteiger partial charge in [0, 0.05) is 42.7 Å². The van der Waals surface area contributed by atoms with Crippen LogP contribution in [0, 0.1) is 0 Å². The van der Waals surface area contributed by atoms with Crippen LogP contribution in [0.4, 0.5) is 5.82 Å². The number of ether oxygens (including phenoxy) is 1. The summed E-state index contributed by atoms with van der Waals surface area (Å²) in [6, 6.07) is 17.5. The van der Waals surface area contributed by atoms with Crippen LogP contribution in [0.3, 0.4) is 0 Å². The molecule has 6 heteroatoms. The Balaban J connectivity index is 1.49. The molecule has 0 bridgehead atoms. The molecule has 2 aromatic carbocycles. The average molecular weight is 429 g/mol. The van der Waals surface area contributed by atoms with Gasteiger partial charge in [-0.05, 0) is 43.5 Å². The zero-order valence-corrected chi connectivity index (χ0v) is 18.5. The van der Waals surface area contributed by atoms with Crippen LogP contribution >= 0.6 is 0 Å². The van der Waals surface area contributed by atoms with Crippen LogP contribution < -0.4 is 9.64 Å². The molecule has 6 nitrogen and oxygen atoms in total. The first-order chi connectivity index (χ1) is 15.7. The molecular weight excluding hydrogens is 400 g/mol. The summed E-state index contributed by atoms with van der Waals surface area (Å²) in [5.74, 6) is 2.57. The summed E-state index contributed by atoms with van der Waals surface area (Å²) in [6.07, 6.45) is 4.35. The zero-order chi connectivity index (χ0) is 21.9. The van der Waals surface area contributed by atoms with Crippen molar-refractivity contribution in [2.45, 2.75) is 32.2 Å². The molecule has 0 N–H and O–H groups in total. The highest BCUT2D eigenvalue weighted by atomic mass is 16.5. The summed E-state index contributed by atoms with van der Waals surface area (Å²) in [6.45, 7) is 3.21. The summed E-state index contributed by atoms with van der Waals surface area (Å²) >= 11 is 0. The Kier molecular flexibility index (Phi) is 5.75. The molecule has 2 aliphatic rings. The lowest BCUT2D eigenvalue weighted by molar-refractivity contribution is 0.0733. The van der Waals surface area contributed by atoms with E-state index in [1.807, 2.05) is 47.4 Å². The number of rotatable bonds is 4. The predicted molar refractivity (Wildman–Crippen MR) is 125 cm³/mol. The van der Waals surface area contributed by atoms with Crippen molar-refractivity contribution in [2.75, 3.05) is 31.6 Å². The van der Waals surface area contributed by atoms with Gasteiger partial charge in [-0.2, -0.15) is 0 Å². The molecular formula is C26H28N4O2. The molecule has 2 aliphatic heterocycles. The van der Waals surface area contributed by atoms with Gasteiger partial charge in [-0.1, -0.05) is 30.3 Å². The molecule has 1 aromatic heterocycles. The highest BCUT2D eigenvalue weighted by Gasteiger charge is 2.29. The van der Waals surface area contributed by atoms with Crippen LogP contribution in [0.5, 0.6) is 5.75 Å². The lowest BCUT2D eigenvalue weighted by Gasteiger charge is -2.34. The van der Waals surface area contributed by atoms with Gasteiger partial charge in [0.2, 0.25) is 0 Å². The smallest absolute Gasteiger partial charge is 0.254 e. The fourth-order valence-electron chi connectivity index (χ4n) is 4.57. The number of aromatic nitrogens is 2. The highest BCUT2D eigenvalue weighted by molar-refractivity contribution is 5.94. The van der Waals surface area contributed by atoms with E-state index in [0.29, 0.717) is 18.7 Å². The van der Waals surface area contributed by atoms with Gasteiger partial charge in [-0.25, -0.2) is 9.97 Å². The van der Waals surface area contributed by atoms with Gasteiger partial charge in [-0.15, -0.1) is 0 Å². The van der Waals surface area contributed by atoms with Crippen LogP contribution in [0.25, 0.3) is 11.4 Å². The van der Waals surface area contributed by atoms with Gasteiger partial charge >= 0.3 is 0 Å². The van der Waals surface area contributed by atoms with Crippen LogP contribution in [0.2, 0.25) is 0 Å². The van der Waals surface area contributed by atoms with Gasteiger partial charge in [-0.3, -0.25) is 4.79 Å². The number of fused-ring (bicyclic) bond motifs is 1. The second-order valence-electron chi connectivity index (χ2n) is 8.42. The lowest BCUT2D eigenvalue weighted by Crippen LogP contribution is -2.39. The zero-order valence-electron chi connectivity index (χ0n) is 18.5. The van der Waals surface area contributed by atoms with Crippen LogP contribution in [0.1, 0.15) is 40.9 Å². The van der Waals surface area contributed by atoms with Crippen molar-refractivity contribution >= 4 is 11.7 Å². The van der Waals surface area contributed by atoms with Gasteiger partial charge in [0.1, 0.15) is 11.6 Å². The Morgan fingerprint density at radius 1 is 0.906 bits per heavy atom.